The van der Waals surface area contributed by atoms with Crippen LogP contribution in [0.5, 0.6) is 0 Å². The van der Waals surface area contributed by atoms with E-state index in [1.165, 1.54) is 42.4 Å². The molecule has 0 unspecified atom stereocenters. The lowest BCUT2D eigenvalue weighted by Gasteiger charge is -2.42. The molecule has 254 valence electrons. The number of hydrogen-bond acceptors (Lipinski definition) is 3. The second-order valence-corrected chi connectivity index (χ2v) is 13.5. The van der Waals surface area contributed by atoms with Gasteiger partial charge in [0.1, 0.15) is 5.82 Å². The zero-order chi connectivity index (χ0) is 33.1. The van der Waals surface area contributed by atoms with Crippen LogP contribution < -0.4 is 0 Å². The minimum absolute atomic E-state index is 0.0187. The van der Waals surface area contributed by atoms with Crippen LogP contribution in [0.1, 0.15) is 80.0 Å². The molecule has 0 bridgehead atoms. The number of likely N-dealkylation sites (tertiary alicyclic amines) is 3. The standard InChI is InChI=1S/C34H41ClF7N3O/c35-29-7-6-8-30(36)26(29)22-31(46)45-17-5-2-13-32(23-45,24-9-10-27(33(37,38)39)28(21-24)34(40,41)42)14-20-43-18-11-25(12-19-43)44-15-3-1-4-16-44/h6-10,21,25H,1-5,11-20,22-23H2/t32-/m0/s1. The fourth-order valence-corrected chi connectivity index (χ4v) is 7.80. The number of carbonyl (C=O) groups is 1. The topological polar surface area (TPSA) is 26.8 Å². The number of rotatable bonds is 7. The fraction of sp³-hybridized carbons (Fsp3) is 0.618. The van der Waals surface area contributed by atoms with E-state index in [0.29, 0.717) is 56.9 Å². The van der Waals surface area contributed by atoms with Gasteiger partial charge >= 0.3 is 12.4 Å². The van der Waals surface area contributed by atoms with Crippen molar-refractivity contribution >= 4 is 17.5 Å². The molecule has 0 aliphatic carbocycles. The number of amides is 1. The van der Waals surface area contributed by atoms with Gasteiger partial charge in [0, 0.05) is 35.1 Å². The number of benzene rings is 2. The molecule has 1 atom stereocenters. The summed E-state index contributed by atoms with van der Waals surface area (Å²) in [5.74, 6) is -1.06. The van der Waals surface area contributed by atoms with Gasteiger partial charge in [-0.2, -0.15) is 26.3 Å². The van der Waals surface area contributed by atoms with Gasteiger partial charge in [-0.25, -0.2) is 4.39 Å². The van der Waals surface area contributed by atoms with E-state index in [4.69, 9.17) is 11.6 Å². The second kappa shape index (κ2) is 14.4. The number of hydrogen-bond donors (Lipinski definition) is 0. The van der Waals surface area contributed by atoms with Crippen molar-refractivity contribution < 1.29 is 35.5 Å². The van der Waals surface area contributed by atoms with Crippen LogP contribution in [0.25, 0.3) is 0 Å². The summed E-state index contributed by atoms with van der Waals surface area (Å²) < 4.78 is 98.0. The highest BCUT2D eigenvalue weighted by Crippen LogP contribution is 2.45. The highest BCUT2D eigenvalue weighted by Gasteiger charge is 2.45. The Hall–Kier alpha value is -2.37. The van der Waals surface area contributed by atoms with Crippen LogP contribution >= 0.6 is 11.6 Å². The third-order valence-corrected chi connectivity index (χ3v) is 10.5. The summed E-state index contributed by atoms with van der Waals surface area (Å²) >= 11 is 6.19. The van der Waals surface area contributed by atoms with E-state index in [9.17, 15) is 35.5 Å². The molecule has 0 N–H and O–H groups in total. The average Bonchev–Trinajstić information content (AvgIpc) is 3.25. The minimum Gasteiger partial charge on any atom is -0.342 e. The third-order valence-electron chi connectivity index (χ3n) is 10.2. The number of nitrogens with zero attached hydrogens (tertiary/aromatic N) is 3. The van der Waals surface area contributed by atoms with Crippen molar-refractivity contribution in [1.82, 2.24) is 14.7 Å². The predicted octanol–water partition coefficient (Wildman–Crippen LogP) is 8.35. The second-order valence-electron chi connectivity index (χ2n) is 13.1. The molecular formula is C34H41ClF7N3O. The molecule has 3 aliphatic rings. The molecule has 0 aromatic heterocycles. The van der Waals surface area contributed by atoms with Crippen LogP contribution in [0.2, 0.25) is 5.02 Å². The Labute approximate surface area is 270 Å². The predicted molar refractivity (Wildman–Crippen MR) is 163 cm³/mol. The van der Waals surface area contributed by atoms with Crippen LogP contribution in [0.4, 0.5) is 30.7 Å². The third kappa shape index (κ3) is 8.19. The largest absolute Gasteiger partial charge is 0.417 e. The first-order chi connectivity index (χ1) is 21.8. The maximum absolute atomic E-state index is 14.6. The van der Waals surface area contributed by atoms with Crippen LogP contribution in [0, 0.1) is 5.82 Å². The molecule has 4 nitrogen and oxygen atoms in total. The Morgan fingerprint density at radius 2 is 1.52 bits per heavy atom. The summed E-state index contributed by atoms with van der Waals surface area (Å²) in [5, 5.41) is 0.0972. The number of halogens is 8. The number of alkyl halides is 6. The van der Waals surface area contributed by atoms with E-state index in [0.717, 1.165) is 45.1 Å². The molecule has 2 aromatic carbocycles. The zero-order valence-corrected chi connectivity index (χ0v) is 26.6. The highest BCUT2D eigenvalue weighted by atomic mass is 35.5. The maximum Gasteiger partial charge on any atom is 0.417 e. The van der Waals surface area contributed by atoms with Crippen molar-refractivity contribution in [3.63, 3.8) is 0 Å². The maximum atomic E-state index is 14.6. The highest BCUT2D eigenvalue weighted by molar-refractivity contribution is 6.31. The summed E-state index contributed by atoms with van der Waals surface area (Å²) in [6.07, 6.45) is -3.19. The molecule has 3 aliphatic heterocycles. The average molecular weight is 676 g/mol. The van der Waals surface area contributed by atoms with Crippen molar-refractivity contribution in [2.24, 2.45) is 0 Å². The molecule has 3 saturated heterocycles. The molecule has 2 aromatic rings. The van der Waals surface area contributed by atoms with Crippen molar-refractivity contribution in [3.05, 3.63) is 69.5 Å². The smallest absolute Gasteiger partial charge is 0.342 e. The van der Waals surface area contributed by atoms with Gasteiger partial charge in [0.25, 0.3) is 0 Å². The molecule has 0 saturated carbocycles. The zero-order valence-electron chi connectivity index (χ0n) is 25.8. The molecule has 3 fully saturated rings. The quantitative estimate of drug-likeness (QED) is 0.276. The Morgan fingerprint density at radius 1 is 0.848 bits per heavy atom. The summed E-state index contributed by atoms with van der Waals surface area (Å²) in [6, 6.07) is 6.95. The normalized spacial score (nSPS) is 23.0. The van der Waals surface area contributed by atoms with Gasteiger partial charge in [0.05, 0.1) is 17.5 Å². The van der Waals surface area contributed by atoms with Gasteiger partial charge in [-0.05, 0) is 107 Å². The Kier molecular flexibility index (Phi) is 10.9. The van der Waals surface area contributed by atoms with Gasteiger partial charge in [0.15, 0.2) is 0 Å². The fourth-order valence-electron chi connectivity index (χ4n) is 7.57. The van der Waals surface area contributed by atoms with E-state index in [1.54, 1.807) is 0 Å². The summed E-state index contributed by atoms with van der Waals surface area (Å²) in [6.45, 7) is 4.72. The van der Waals surface area contributed by atoms with Gasteiger partial charge in [-0.15, -0.1) is 0 Å². The lowest BCUT2D eigenvalue weighted by Crippen LogP contribution is -2.48. The number of carbonyl (C=O) groups excluding carboxylic acids is 1. The van der Waals surface area contributed by atoms with Gasteiger partial charge in [-0.1, -0.05) is 36.6 Å². The van der Waals surface area contributed by atoms with Crippen LogP contribution in [0.15, 0.2) is 36.4 Å². The van der Waals surface area contributed by atoms with E-state index >= 15 is 0 Å². The van der Waals surface area contributed by atoms with Gasteiger partial charge < -0.3 is 14.7 Å². The molecule has 1 amide bonds. The minimum atomic E-state index is -5.22. The van der Waals surface area contributed by atoms with E-state index in [1.807, 2.05) is 0 Å². The first-order valence-corrected chi connectivity index (χ1v) is 16.6. The van der Waals surface area contributed by atoms with Crippen molar-refractivity contribution in [3.8, 4) is 0 Å². The lowest BCUT2D eigenvalue weighted by molar-refractivity contribution is -0.162. The molecule has 0 radical (unpaired) electrons. The number of piperidine rings is 2. The molecule has 5 rings (SSSR count). The van der Waals surface area contributed by atoms with E-state index in [-0.39, 0.29) is 29.1 Å². The van der Waals surface area contributed by atoms with Crippen molar-refractivity contribution in [2.75, 3.05) is 45.8 Å². The molecule has 3 heterocycles. The first kappa shape index (κ1) is 35.0. The summed E-state index contributed by atoms with van der Waals surface area (Å²) in [5.41, 5.74) is -4.30. The van der Waals surface area contributed by atoms with Crippen LogP contribution in [0.3, 0.4) is 0 Å². The molecule has 46 heavy (non-hydrogen) atoms. The van der Waals surface area contributed by atoms with Gasteiger partial charge in [-0.3, -0.25) is 4.79 Å². The molecule has 12 heteroatoms. The Morgan fingerprint density at radius 3 is 2.17 bits per heavy atom. The van der Waals surface area contributed by atoms with Crippen LogP contribution in [-0.2, 0) is 29.0 Å². The summed E-state index contributed by atoms with van der Waals surface area (Å²) in [7, 11) is 0. The molecular weight excluding hydrogens is 635 g/mol. The lowest BCUT2D eigenvalue weighted by atomic mass is 9.72. The van der Waals surface area contributed by atoms with Crippen molar-refractivity contribution in [1.29, 1.82) is 0 Å². The molecule has 0 spiro atoms. The Balaban J connectivity index is 1.43. The van der Waals surface area contributed by atoms with Crippen molar-refractivity contribution in [2.45, 2.75) is 88.0 Å². The first-order valence-electron chi connectivity index (χ1n) is 16.2. The van der Waals surface area contributed by atoms with Crippen LogP contribution in [-0.4, -0.2) is 72.5 Å². The van der Waals surface area contributed by atoms with Gasteiger partial charge in [0.2, 0.25) is 5.91 Å². The van der Waals surface area contributed by atoms with E-state index < -0.39 is 40.6 Å². The van der Waals surface area contributed by atoms with E-state index in [2.05, 4.69) is 9.80 Å². The SMILES string of the molecule is O=C(Cc1c(F)cccc1Cl)N1CCCC[C@@](CCN2CCC(N3CCCCC3)CC2)(c2ccc(C(F)(F)F)c(C(F)(F)F)c2)C1. The monoisotopic (exact) mass is 675 g/mol. The summed E-state index contributed by atoms with van der Waals surface area (Å²) in [4.78, 5) is 20.0. The Bertz CT molecular complexity index is 1330.